The second-order valence-corrected chi connectivity index (χ2v) is 5.32. The van der Waals surface area contributed by atoms with Crippen LogP contribution in [-0.2, 0) is 0 Å². The van der Waals surface area contributed by atoms with Crippen LogP contribution in [0.2, 0.25) is 0 Å². The molecule has 1 aromatic rings. The third-order valence-electron chi connectivity index (χ3n) is 1.79. The summed E-state index contributed by atoms with van der Waals surface area (Å²) in [5.41, 5.74) is 1.47. The highest BCUT2D eigenvalue weighted by atomic mass is 79.9. The van der Waals surface area contributed by atoms with Crippen molar-refractivity contribution < 1.29 is 0 Å². The van der Waals surface area contributed by atoms with Gasteiger partial charge < -0.3 is 0 Å². The van der Waals surface area contributed by atoms with Gasteiger partial charge in [-0.05, 0) is 34.7 Å². The van der Waals surface area contributed by atoms with Crippen LogP contribution < -0.4 is 0 Å². The number of rotatable bonds is 3. The Labute approximate surface area is 80.8 Å². The van der Waals surface area contributed by atoms with Gasteiger partial charge in [-0.25, -0.2) is 0 Å². The van der Waals surface area contributed by atoms with Crippen LogP contribution in [0.5, 0.6) is 0 Å². The summed E-state index contributed by atoms with van der Waals surface area (Å²) in [6, 6.07) is 2.21. The molecule has 1 rings (SSSR count). The Hall–Kier alpha value is 0.180. The normalized spacial score (nSPS) is 16.3. The van der Waals surface area contributed by atoms with E-state index >= 15 is 0 Å². The highest BCUT2D eigenvalue weighted by Crippen LogP contribution is 2.24. The molecule has 0 aliphatic rings. The van der Waals surface area contributed by atoms with E-state index in [0.29, 0.717) is 10.7 Å². The molecule has 0 fully saturated rings. The Morgan fingerprint density at radius 2 is 2.27 bits per heavy atom. The SMILES string of the molecule is CC(Br)CC(C)c1ccsc1. The second kappa shape index (κ2) is 4.27. The van der Waals surface area contributed by atoms with Gasteiger partial charge in [0.2, 0.25) is 0 Å². The van der Waals surface area contributed by atoms with Gasteiger partial charge in [0.05, 0.1) is 0 Å². The van der Waals surface area contributed by atoms with Crippen LogP contribution in [-0.4, -0.2) is 4.83 Å². The van der Waals surface area contributed by atoms with Gasteiger partial charge >= 0.3 is 0 Å². The van der Waals surface area contributed by atoms with Crippen molar-refractivity contribution >= 4 is 27.3 Å². The Balaban J connectivity index is 2.49. The van der Waals surface area contributed by atoms with Gasteiger partial charge in [0.15, 0.2) is 0 Å². The van der Waals surface area contributed by atoms with Crippen LogP contribution >= 0.6 is 27.3 Å². The van der Waals surface area contributed by atoms with Crippen LogP contribution in [0.15, 0.2) is 16.8 Å². The molecule has 2 atom stereocenters. The molecule has 2 heteroatoms. The molecular weight excluding hydrogens is 220 g/mol. The maximum Gasteiger partial charge on any atom is 0.0123 e. The van der Waals surface area contributed by atoms with Crippen molar-refractivity contribution in [2.45, 2.75) is 31.0 Å². The van der Waals surface area contributed by atoms with Crippen molar-refractivity contribution in [3.05, 3.63) is 22.4 Å². The lowest BCUT2D eigenvalue weighted by molar-refractivity contribution is 0.684. The van der Waals surface area contributed by atoms with Crippen molar-refractivity contribution in [1.82, 2.24) is 0 Å². The van der Waals surface area contributed by atoms with Gasteiger partial charge in [-0.3, -0.25) is 0 Å². The minimum atomic E-state index is 0.623. The fraction of sp³-hybridized carbons (Fsp3) is 0.556. The van der Waals surface area contributed by atoms with Gasteiger partial charge in [0.1, 0.15) is 0 Å². The Morgan fingerprint density at radius 1 is 1.55 bits per heavy atom. The summed E-state index contributed by atoms with van der Waals surface area (Å²) >= 11 is 5.34. The summed E-state index contributed by atoms with van der Waals surface area (Å²) in [6.45, 7) is 4.47. The molecule has 0 aromatic carbocycles. The summed E-state index contributed by atoms with van der Waals surface area (Å²) < 4.78 is 0. The third-order valence-corrected chi connectivity index (χ3v) is 2.87. The van der Waals surface area contributed by atoms with Crippen LogP contribution in [0.1, 0.15) is 31.7 Å². The van der Waals surface area contributed by atoms with Crippen LogP contribution in [0.3, 0.4) is 0 Å². The molecule has 62 valence electrons. The van der Waals surface area contributed by atoms with Crippen molar-refractivity contribution in [1.29, 1.82) is 0 Å². The molecule has 0 aliphatic heterocycles. The number of alkyl halides is 1. The van der Waals surface area contributed by atoms with E-state index in [4.69, 9.17) is 0 Å². The molecule has 0 radical (unpaired) electrons. The topological polar surface area (TPSA) is 0 Å². The number of hydrogen-bond donors (Lipinski definition) is 0. The molecule has 0 N–H and O–H groups in total. The van der Waals surface area contributed by atoms with Gasteiger partial charge in [-0.1, -0.05) is 29.8 Å². The predicted molar refractivity (Wildman–Crippen MR) is 55.7 cm³/mol. The standard InChI is InChI=1S/C9H13BrS/c1-7(5-8(2)10)9-3-4-11-6-9/h3-4,6-8H,5H2,1-2H3. The van der Waals surface area contributed by atoms with E-state index in [9.17, 15) is 0 Å². The van der Waals surface area contributed by atoms with E-state index in [-0.39, 0.29) is 0 Å². The van der Waals surface area contributed by atoms with Crippen LogP contribution in [0.4, 0.5) is 0 Å². The Kier molecular flexibility index (Phi) is 3.60. The zero-order chi connectivity index (χ0) is 8.27. The average molecular weight is 233 g/mol. The van der Waals surface area contributed by atoms with Crippen molar-refractivity contribution in [2.75, 3.05) is 0 Å². The predicted octanol–water partition coefficient (Wildman–Crippen LogP) is 4.03. The largest absolute Gasteiger partial charge is 0.152 e. The maximum absolute atomic E-state index is 3.56. The van der Waals surface area contributed by atoms with Gasteiger partial charge in [0, 0.05) is 4.83 Å². The molecule has 1 heterocycles. The quantitative estimate of drug-likeness (QED) is 0.691. The minimum Gasteiger partial charge on any atom is -0.152 e. The van der Waals surface area contributed by atoms with E-state index < -0.39 is 0 Å². The minimum absolute atomic E-state index is 0.623. The molecule has 0 saturated heterocycles. The molecule has 2 unspecified atom stereocenters. The molecular formula is C9H13BrS. The van der Waals surface area contributed by atoms with Gasteiger partial charge in [-0.15, -0.1) is 0 Å². The first kappa shape index (κ1) is 9.27. The number of halogens is 1. The molecule has 0 bridgehead atoms. The number of thiophene rings is 1. The fourth-order valence-electron chi connectivity index (χ4n) is 1.18. The Bertz CT molecular complexity index is 191. The third kappa shape index (κ3) is 2.96. The van der Waals surface area contributed by atoms with Crippen molar-refractivity contribution in [2.24, 2.45) is 0 Å². The lowest BCUT2D eigenvalue weighted by Gasteiger charge is -2.10. The summed E-state index contributed by atoms with van der Waals surface area (Å²) in [5.74, 6) is 0.690. The molecule has 0 aliphatic carbocycles. The summed E-state index contributed by atoms with van der Waals surface area (Å²) in [6.07, 6.45) is 1.22. The second-order valence-electron chi connectivity index (χ2n) is 2.97. The smallest absolute Gasteiger partial charge is 0.0123 e. The summed E-state index contributed by atoms with van der Waals surface area (Å²) in [5, 5.41) is 4.38. The number of hydrogen-bond acceptors (Lipinski definition) is 1. The lowest BCUT2D eigenvalue weighted by Crippen LogP contribution is -1.98. The van der Waals surface area contributed by atoms with E-state index in [2.05, 4.69) is 46.6 Å². The van der Waals surface area contributed by atoms with Crippen molar-refractivity contribution in [3.63, 3.8) is 0 Å². The zero-order valence-electron chi connectivity index (χ0n) is 6.88. The lowest BCUT2D eigenvalue weighted by atomic mass is 10.00. The van der Waals surface area contributed by atoms with E-state index in [1.165, 1.54) is 12.0 Å². The first-order chi connectivity index (χ1) is 5.20. The van der Waals surface area contributed by atoms with E-state index in [1.54, 1.807) is 11.3 Å². The van der Waals surface area contributed by atoms with Crippen LogP contribution in [0, 0.1) is 0 Å². The highest BCUT2D eigenvalue weighted by Gasteiger charge is 2.07. The Morgan fingerprint density at radius 3 is 2.73 bits per heavy atom. The first-order valence-electron chi connectivity index (χ1n) is 3.86. The average Bonchev–Trinajstić information content (AvgIpc) is 2.35. The fourth-order valence-corrected chi connectivity index (χ4v) is 2.52. The molecule has 1 aromatic heterocycles. The molecule has 0 spiro atoms. The molecule has 11 heavy (non-hydrogen) atoms. The highest BCUT2D eigenvalue weighted by molar-refractivity contribution is 9.09. The van der Waals surface area contributed by atoms with Crippen LogP contribution in [0.25, 0.3) is 0 Å². The molecule has 0 amide bonds. The summed E-state index contributed by atoms with van der Waals surface area (Å²) in [4.78, 5) is 0.623. The zero-order valence-corrected chi connectivity index (χ0v) is 9.28. The van der Waals surface area contributed by atoms with E-state index in [0.717, 1.165) is 0 Å². The van der Waals surface area contributed by atoms with Gasteiger partial charge in [-0.2, -0.15) is 11.3 Å². The monoisotopic (exact) mass is 232 g/mol. The maximum atomic E-state index is 3.56. The molecule has 0 nitrogen and oxygen atoms in total. The molecule has 0 saturated carbocycles. The summed E-state index contributed by atoms with van der Waals surface area (Å²) in [7, 11) is 0. The van der Waals surface area contributed by atoms with Gasteiger partial charge in [0.25, 0.3) is 0 Å². The first-order valence-corrected chi connectivity index (χ1v) is 5.72. The van der Waals surface area contributed by atoms with Crippen molar-refractivity contribution in [3.8, 4) is 0 Å². The van der Waals surface area contributed by atoms with E-state index in [1.807, 2.05) is 0 Å².